The number of carbonyl (C=O) groups is 2. The Hall–Kier alpha value is -1.59. The molecule has 1 aromatic rings. The van der Waals surface area contributed by atoms with E-state index in [0.29, 0.717) is 29.7 Å². The van der Waals surface area contributed by atoms with E-state index < -0.39 is 0 Å². The highest BCUT2D eigenvalue weighted by Crippen LogP contribution is 2.23. The molecule has 0 saturated carbocycles. The summed E-state index contributed by atoms with van der Waals surface area (Å²) in [5.74, 6) is 1.81. The Morgan fingerprint density at radius 3 is 2.46 bits per heavy atom. The molecule has 0 radical (unpaired) electrons. The van der Waals surface area contributed by atoms with Crippen molar-refractivity contribution in [3.63, 3.8) is 0 Å². The second-order valence-corrected chi connectivity index (χ2v) is 8.39. The lowest BCUT2D eigenvalue weighted by Crippen LogP contribution is -2.37. The van der Waals surface area contributed by atoms with Gasteiger partial charge in [0.2, 0.25) is 5.91 Å². The van der Waals surface area contributed by atoms with Gasteiger partial charge in [0.25, 0.3) is 5.91 Å². The average molecular weight is 408 g/mol. The molecule has 2 amide bonds. The largest absolute Gasteiger partial charge is 0.339 e. The fourth-order valence-electron chi connectivity index (χ4n) is 4.13. The predicted molar refractivity (Wildman–Crippen MR) is 116 cm³/mol. The molecule has 0 aromatic heterocycles. The number of nitrogens with one attached hydrogen (secondary N) is 2. The number of rotatable bonds is 5. The minimum absolute atomic E-state index is 0. The summed E-state index contributed by atoms with van der Waals surface area (Å²) < 4.78 is 0. The van der Waals surface area contributed by atoms with E-state index in [2.05, 4.69) is 24.5 Å². The number of carbonyl (C=O) groups excluding carboxylic acids is 2. The molecule has 2 heterocycles. The van der Waals surface area contributed by atoms with Crippen LogP contribution in [-0.2, 0) is 4.79 Å². The number of hydrogen-bond acceptors (Lipinski definition) is 3. The zero-order valence-corrected chi connectivity index (χ0v) is 17.9. The number of halogens is 1. The van der Waals surface area contributed by atoms with Crippen molar-refractivity contribution in [3.05, 3.63) is 29.8 Å². The molecule has 2 N–H and O–H groups in total. The van der Waals surface area contributed by atoms with E-state index in [1.165, 1.54) is 12.8 Å². The Labute approximate surface area is 175 Å². The maximum absolute atomic E-state index is 12.6. The lowest BCUT2D eigenvalue weighted by molar-refractivity contribution is -0.117. The van der Waals surface area contributed by atoms with Crippen LogP contribution in [-0.4, -0.2) is 42.9 Å². The van der Waals surface area contributed by atoms with Gasteiger partial charge in [-0.1, -0.05) is 13.8 Å². The van der Waals surface area contributed by atoms with Gasteiger partial charge in [-0.25, -0.2) is 0 Å². The first-order valence-electron chi connectivity index (χ1n) is 10.4. The quantitative estimate of drug-likeness (QED) is 0.776. The summed E-state index contributed by atoms with van der Waals surface area (Å²) >= 11 is 0. The van der Waals surface area contributed by atoms with Crippen molar-refractivity contribution in [2.75, 3.05) is 31.5 Å². The van der Waals surface area contributed by atoms with Gasteiger partial charge < -0.3 is 15.5 Å². The maximum atomic E-state index is 12.6. The molecule has 0 aliphatic carbocycles. The SMILES string of the molecule is CC1CCN(C(=O)c2ccc(NC(=O)CC(C)C3CCCNC3)cc2)CC1.Cl. The van der Waals surface area contributed by atoms with Crippen LogP contribution in [0.1, 0.15) is 56.3 Å². The van der Waals surface area contributed by atoms with E-state index in [9.17, 15) is 9.59 Å². The third kappa shape index (κ3) is 6.21. The first kappa shape index (κ1) is 22.7. The molecule has 2 aliphatic rings. The number of nitrogens with zero attached hydrogens (tertiary/aromatic N) is 1. The maximum Gasteiger partial charge on any atom is 0.253 e. The van der Waals surface area contributed by atoms with Gasteiger partial charge in [0.1, 0.15) is 0 Å². The Balaban J connectivity index is 0.00000280. The van der Waals surface area contributed by atoms with Crippen LogP contribution >= 0.6 is 12.4 Å². The normalized spacial score (nSPS) is 21.5. The first-order valence-corrected chi connectivity index (χ1v) is 10.4. The molecule has 3 rings (SSSR count). The molecule has 156 valence electrons. The highest BCUT2D eigenvalue weighted by molar-refractivity contribution is 5.96. The summed E-state index contributed by atoms with van der Waals surface area (Å²) in [6.07, 6.45) is 5.09. The molecule has 0 bridgehead atoms. The lowest BCUT2D eigenvalue weighted by atomic mass is 9.85. The van der Waals surface area contributed by atoms with Crippen LogP contribution in [0.2, 0.25) is 0 Å². The van der Waals surface area contributed by atoms with E-state index >= 15 is 0 Å². The summed E-state index contributed by atoms with van der Waals surface area (Å²) in [6.45, 7) is 8.19. The van der Waals surface area contributed by atoms with Crippen molar-refractivity contribution in [2.24, 2.45) is 17.8 Å². The third-order valence-corrected chi connectivity index (χ3v) is 6.13. The number of benzene rings is 1. The van der Waals surface area contributed by atoms with Gasteiger partial charge in [0.15, 0.2) is 0 Å². The number of hydrogen-bond donors (Lipinski definition) is 2. The Morgan fingerprint density at radius 2 is 1.86 bits per heavy atom. The smallest absolute Gasteiger partial charge is 0.253 e. The number of likely N-dealkylation sites (tertiary alicyclic amines) is 1. The van der Waals surface area contributed by atoms with Crippen LogP contribution in [0.15, 0.2) is 24.3 Å². The highest BCUT2D eigenvalue weighted by atomic mass is 35.5. The van der Waals surface area contributed by atoms with Gasteiger partial charge in [-0.05, 0) is 80.8 Å². The monoisotopic (exact) mass is 407 g/mol. The summed E-state index contributed by atoms with van der Waals surface area (Å²) in [5.41, 5.74) is 1.46. The summed E-state index contributed by atoms with van der Waals surface area (Å²) in [7, 11) is 0. The molecule has 0 spiro atoms. The van der Waals surface area contributed by atoms with Crippen molar-refractivity contribution in [1.82, 2.24) is 10.2 Å². The van der Waals surface area contributed by atoms with Crippen LogP contribution in [0, 0.1) is 17.8 Å². The summed E-state index contributed by atoms with van der Waals surface area (Å²) in [5, 5.41) is 6.40. The third-order valence-electron chi connectivity index (χ3n) is 6.13. The van der Waals surface area contributed by atoms with E-state index in [4.69, 9.17) is 0 Å². The molecule has 2 fully saturated rings. The van der Waals surface area contributed by atoms with Gasteiger partial charge in [-0.2, -0.15) is 0 Å². The van der Waals surface area contributed by atoms with Crippen LogP contribution in [0.25, 0.3) is 0 Å². The Morgan fingerprint density at radius 1 is 1.18 bits per heavy atom. The molecule has 28 heavy (non-hydrogen) atoms. The average Bonchev–Trinajstić information content (AvgIpc) is 2.69. The van der Waals surface area contributed by atoms with E-state index in [1.54, 1.807) is 0 Å². The molecule has 2 saturated heterocycles. The Bertz CT molecular complexity index is 636. The minimum Gasteiger partial charge on any atom is -0.339 e. The van der Waals surface area contributed by atoms with E-state index in [0.717, 1.165) is 44.7 Å². The molecule has 2 unspecified atom stereocenters. The van der Waals surface area contributed by atoms with Crippen LogP contribution in [0.3, 0.4) is 0 Å². The van der Waals surface area contributed by atoms with Gasteiger partial charge in [0, 0.05) is 30.8 Å². The number of amides is 2. The van der Waals surface area contributed by atoms with Crippen molar-refractivity contribution >= 4 is 29.9 Å². The van der Waals surface area contributed by atoms with Crippen LogP contribution in [0.5, 0.6) is 0 Å². The fourth-order valence-corrected chi connectivity index (χ4v) is 4.13. The number of piperidine rings is 2. The van der Waals surface area contributed by atoms with Gasteiger partial charge in [0.05, 0.1) is 0 Å². The summed E-state index contributed by atoms with van der Waals surface area (Å²) in [6, 6.07) is 7.32. The topological polar surface area (TPSA) is 61.4 Å². The first-order chi connectivity index (χ1) is 13.0. The molecule has 1 aromatic carbocycles. The molecule has 6 heteroatoms. The fraction of sp³-hybridized carbons (Fsp3) is 0.636. The summed E-state index contributed by atoms with van der Waals surface area (Å²) in [4.78, 5) is 26.9. The van der Waals surface area contributed by atoms with Gasteiger partial charge in [-0.3, -0.25) is 9.59 Å². The second-order valence-electron chi connectivity index (χ2n) is 8.39. The minimum atomic E-state index is 0. The molecule has 2 atom stereocenters. The predicted octanol–water partition coefficient (Wildman–Crippen LogP) is 3.94. The molecule has 2 aliphatic heterocycles. The van der Waals surface area contributed by atoms with Crippen LogP contribution in [0.4, 0.5) is 5.69 Å². The van der Waals surface area contributed by atoms with Gasteiger partial charge >= 0.3 is 0 Å². The molecule has 5 nitrogen and oxygen atoms in total. The zero-order valence-electron chi connectivity index (χ0n) is 17.1. The van der Waals surface area contributed by atoms with Crippen molar-refractivity contribution in [1.29, 1.82) is 0 Å². The van der Waals surface area contributed by atoms with Crippen molar-refractivity contribution < 1.29 is 9.59 Å². The van der Waals surface area contributed by atoms with E-state index in [1.807, 2.05) is 29.2 Å². The van der Waals surface area contributed by atoms with Crippen molar-refractivity contribution in [2.45, 2.75) is 46.0 Å². The van der Waals surface area contributed by atoms with Crippen LogP contribution < -0.4 is 10.6 Å². The number of anilines is 1. The highest BCUT2D eigenvalue weighted by Gasteiger charge is 2.23. The Kier molecular flexibility index (Phi) is 8.77. The molecular weight excluding hydrogens is 374 g/mol. The molecular formula is C22H34ClN3O2. The second kappa shape index (κ2) is 10.8. The lowest BCUT2D eigenvalue weighted by Gasteiger charge is -2.30. The standard InChI is InChI=1S/C22H33N3O2.ClH/c1-16-9-12-25(13-10-16)22(27)18-5-7-20(8-6-18)24-21(26)14-17(2)19-4-3-11-23-15-19;/h5-8,16-17,19,23H,3-4,9-15H2,1-2H3,(H,24,26);1H. The van der Waals surface area contributed by atoms with Crippen molar-refractivity contribution in [3.8, 4) is 0 Å². The van der Waals surface area contributed by atoms with E-state index in [-0.39, 0.29) is 24.2 Å². The van der Waals surface area contributed by atoms with Gasteiger partial charge in [-0.15, -0.1) is 12.4 Å². The zero-order chi connectivity index (χ0) is 19.2.